The second kappa shape index (κ2) is 5.72. The first-order valence-corrected chi connectivity index (χ1v) is 5.40. The molecule has 0 aliphatic heterocycles. The lowest BCUT2D eigenvalue weighted by Gasteiger charge is -2.00. The number of benzene rings is 1. The normalized spacial score (nSPS) is 10.5. The first kappa shape index (κ1) is 12.0. The maximum atomic E-state index is 12.6. The summed E-state index contributed by atoms with van der Waals surface area (Å²) in [6, 6.07) is 12.1. The summed E-state index contributed by atoms with van der Waals surface area (Å²) < 4.78 is 12.6. The molecule has 0 atom stereocenters. The van der Waals surface area contributed by atoms with E-state index in [1.807, 2.05) is 30.3 Å². The molecule has 4 heteroatoms. The zero-order valence-electron chi connectivity index (χ0n) is 9.51. The lowest BCUT2D eigenvalue weighted by Crippen LogP contribution is -2.08. The minimum Gasteiger partial charge on any atom is -0.307 e. The second-order valence-corrected chi connectivity index (χ2v) is 3.59. The Morgan fingerprint density at radius 3 is 2.61 bits per heavy atom. The third kappa shape index (κ3) is 3.52. The van der Waals surface area contributed by atoms with Gasteiger partial charge in [0.1, 0.15) is 11.6 Å². The van der Waals surface area contributed by atoms with E-state index in [4.69, 9.17) is 0 Å². The molecule has 1 heterocycles. The van der Waals surface area contributed by atoms with E-state index >= 15 is 0 Å². The molecule has 2 aromatic rings. The van der Waals surface area contributed by atoms with E-state index in [1.165, 1.54) is 18.2 Å². The van der Waals surface area contributed by atoms with Crippen molar-refractivity contribution in [3.63, 3.8) is 0 Å². The predicted octanol–water partition coefficient (Wildman–Crippen LogP) is 2.87. The van der Waals surface area contributed by atoms with Gasteiger partial charge in [0.2, 0.25) is 5.91 Å². The van der Waals surface area contributed by atoms with Crippen LogP contribution in [0.4, 0.5) is 10.2 Å². The molecular formula is C14H11FN2O. The number of rotatable bonds is 3. The van der Waals surface area contributed by atoms with Crippen LogP contribution < -0.4 is 5.32 Å². The molecule has 3 nitrogen and oxygen atoms in total. The van der Waals surface area contributed by atoms with E-state index in [0.29, 0.717) is 5.82 Å². The molecule has 1 N–H and O–H groups in total. The van der Waals surface area contributed by atoms with Gasteiger partial charge in [0.05, 0.1) is 6.20 Å². The Balaban J connectivity index is 1.97. The number of nitrogens with zero attached hydrogens (tertiary/aromatic N) is 1. The molecule has 0 fully saturated rings. The van der Waals surface area contributed by atoms with Crippen LogP contribution in [-0.4, -0.2) is 10.9 Å². The van der Waals surface area contributed by atoms with Crippen molar-refractivity contribution in [2.45, 2.75) is 0 Å². The molecule has 1 aromatic heterocycles. The number of amides is 1. The fraction of sp³-hybridized carbons (Fsp3) is 0. The third-order valence-electron chi connectivity index (χ3n) is 2.21. The van der Waals surface area contributed by atoms with Gasteiger partial charge in [-0.2, -0.15) is 0 Å². The number of anilines is 1. The van der Waals surface area contributed by atoms with Crippen LogP contribution >= 0.6 is 0 Å². The fourth-order valence-electron chi connectivity index (χ4n) is 1.35. The number of nitrogens with one attached hydrogen (secondary N) is 1. The van der Waals surface area contributed by atoms with Crippen LogP contribution in [0.1, 0.15) is 5.56 Å². The Labute approximate surface area is 104 Å². The number of hydrogen-bond acceptors (Lipinski definition) is 2. The Morgan fingerprint density at radius 1 is 1.17 bits per heavy atom. The van der Waals surface area contributed by atoms with Gasteiger partial charge in [0.25, 0.3) is 0 Å². The van der Waals surface area contributed by atoms with Crippen LogP contribution in [0, 0.1) is 5.82 Å². The number of pyridine rings is 1. The Hall–Kier alpha value is -2.49. The Bertz CT molecular complexity index is 550. The van der Waals surface area contributed by atoms with Crippen LogP contribution in [0.25, 0.3) is 6.08 Å². The molecule has 0 saturated heterocycles. The highest BCUT2D eigenvalue weighted by atomic mass is 19.1. The van der Waals surface area contributed by atoms with Crippen LogP contribution in [0.2, 0.25) is 0 Å². The average molecular weight is 242 g/mol. The summed E-state index contributed by atoms with van der Waals surface area (Å²) in [5, 5.41) is 2.54. The molecule has 18 heavy (non-hydrogen) atoms. The third-order valence-corrected chi connectivity index (χ3v) is 2.21. The highest BCUT2D eigenvalue weighted by Gasteiger charge is 1.99. The number of carbonyl (C=O) groups is 1. The maximum Gasteiger partial charge on any atom is 0.249 e. The van der Waals surface area contributed by atoms with E-state index < -0.39 is 5.82 Å². The van der Waals surface area contributed by atoms with Crippen molar-refractivity contribution in [3.8, 4) is 0 Å². The molecular weight excluding hydrogens is 231 g/mol. The van der Waals surface area contributed by atoms with Crippen molar-refractivity contribution in [2.75, 3.05) is 5.32 Å². The maximum absolute atomic E-state index is 12.6. The smallest absolute Gasteiger partial charge is 0.249 e. The van der Waals surface area contributed by atoms with Gasteiger partial charge in [-0.15, -0.1) is 0 Å². The van der Waals surface area contributed by atoms with Crippen LogP contribution in [0.15, 0.2) is 54.7 Å². The van der Waals surface area contributed by atoms with E-state index in [0.717, 1.165) is 11.8 Å². The van der Waals surface area contributed by atoms with E-state index in [-0.39, 0.29) is 5.91 Å². The van der Waals surface area contributed by atoms with Gasteiger partial charge in [0.15, 0.2) is 0 Å². The summed E-state index contributed by atoms with van der Waals surface area (Å²) >= 11 is 0. The summed E-state index contributed by atoms with van der Waals surface area (Å²) in [4.78, 5) is 15.3. The van der Waals surface area contributed by atoms with Crippen LogP contribution in [0.5, 0.6) is 0 Å². The Kier molecular flexibility index (Phi) is 3.81. The first-order valence-electron chi connectivity index (χ1n) is 5.40. The quantitative estimate of drug-likeness (QED) is 0.841. The van der Waals surface area contributed by atoms with Crippen molar-refractivity contribution in [2.24, 2.45) is 0 Å². The molecule has 90 valence electrons. The number of halogens is 1. The molecule has 1 amide bonds. The first-order chi connectivity index (χ1) is 8.74. The zero-order valence-corrected chi connectivity index (χ0v) is 9.51. The fourth-order valence-corrected chi connectivity index (χ4v) is 1.35. The Morgan fingerprint density at radius 2 is 1.94 bits per heavy atom. The van der Waals surface area contributed by atoms with Crippen molar-refractivity contribution >= 4 is 17.8 Å². The molecule has 0 unspecified atom stereocenters. The van der Waals surface area contributed by atoms with Crippen molar-refractivity contribution in [1.82, 2.24) is 4.98 Å². The standard InChI is InChI=1S/C14H11FN2O/c15-12-7-8-13(16-10-12)17-14(18)9-6-11-4-2-1-3-5-11/h1-10H,(H,16,17,18)/b9-6+. The molecule has 0 spiro atoms. The predicted molar refractivity (Wildman–Crippen MR) is 68.3 cm³/mol. The minimum absolute atomic E-state index is 0.307. The molecule has 0 aliphatic rings. The van der Waals surface area contributed by atoms with Crippen LogP contribution in [0.3, 0.4) is 0 Å². The van der Waals surface area contributed by atoms with E-state index in [2.05, 4.69) is 10.3 Å². The molecule has 1 aromatic carbocycles. The number of aromatic nitrogens is 1. The van der Waals surface area contributed by atoms with Gasteiger partial charge >= 0.3 is 0 Å². The summed E-state index contributed by atoms with van der Waals surface area (Å²) in [6.07, 6.45) is 4.15. The molecule has 2 rings (SSSR count). The lowest BCUT2D eigenvalue weighted by atomic mass is 10.2. The molecule has 0 bridgehead atoms. The van der Waals surface area contributed by atoms with Crippen molar-refractivity contribution in [1.29, 1.82) is 0 Å². The largest absolute Gasteiger partial charge is 0.307 e. The summed E-state index contributed by atoms with van der Waals surface area (Å²) in [5.74, 6) is -0.426. The van der Waals surface area contributed by atoms with E-state index in [1.54, 1.807) is 6.08 Å². The van der Waals surface area contributed by atoms with Gasteiger partial charge in [-0.1, -0.05) is 30.3 Å². The SMILES string of the molecule is O=C(/C=C/c1ccccc1)Nc1ccc(F)cn1. The molecule has 0 aliphatic carbocycles. The zero-order chi connectivity index (χ0) is 12.8. The van der Waals surface area contributed by atoms with Crippen molar-refractivity contribution in [3.05, 3.63) is 66.1 Å². The van der Waals surface area contributed by atoms with Gasteiger partial charge in [-0.05, 0) is 23.8 Å². The highest BCUT2D eigenvalue weighted by molar-refractivity contribution is 6.01. The average Bonchev–Trinajstić information content (AvgIpc) is 2.40. The molecule has 0 saturated carbocycles. The molecule has 0 radical (unpaired) electrons. The highest BCUT2D eigenvalue weighted by Crippen LogP contribution is 2.05. The number of carbonyl (C=O) groups excluding carboxylic acids is 1. The minimum atomic E-state index is -0.437. The van der Waals surface area contributed by atoms with Gasteiger partial charge in [0, 0.05) is 6.08 Å². The van der Waals surface area contributed by atoms with Gasteiger partial charge in [-0.25, -0.2) is 9.37 Å². The van der Waals surface area contributed by atoms with Gasteiger partial charge in [-0.3, -0.25) is 4.79 Å². The topological polar surface area (TPSA) is 42.0 Å². The van der Waals surface area contributed by atoms with Gasteiger partial charge < -0.3 is 5.32 Å². The van der Waals surface area contributed by atoms with Crippen LogP contribution in [-0.2, 0) is 4.79 Å². The lowest BCUT2D eigenvalue weighted by molar-refractivity contribution is -0.111. The number of hydrogen-bond donors (Lipinski definition) is 1. The summed E-state index contributed by atoms with van der Waals surface area (Å²) in [7, 11) is 0. The van der Waals surface area contributed by atoms with E-state index in [9.17, 15) is 9.18 Å². The summed E-state index contributed by atoms with van der Waals surface area (Å²) in [5.41, 5.74) is 0.930. The summed E-state index contributed by atoms with van der Waals surface area (Å²) in [6.45, 7) is 0. The van der Waals surface area contributed by atoms with Crippen molar-refractivity contribution < 1.29 is 9.18 Å². The monoisotopic (exact) mass is 242 g/mol. The second-order valence-electron chi connectivity index (χ2n) is 3.59.